The maximum atomic E-state index is 12.4. The fourth-order valence-corrected chi connectivity index (χ4v) is 12.5. The van der Waals surface area contributed by atoms with E-state index in [0.29, 0.717) is 53.3 Å². The molecule has 0 aromatic heterocycles. The normalized spacial score (nSPS) is 33.2. The number of phenols is 1. The van der Waals surface area contributed by atoms with Crippen LogP contribution in [0, 0.1) is 52.3 Å². The van der Waals surface area contributed by atoms with Crippen LogP contribution in [0.25, 0.3) is 0 Å². The van der Waals surface area contributed by atoms with Gasteiger partial charge < -0.3 is 24.4 Å². The molecule has 10 unspecified atom stereocenters. The Bertz CT molecular complexity index is 1520. The molecule has 320 valence electrons. The largest absolute Gasteiger partial charge is 0.508 e. The lowest BCUT2D eigenvalue weighted by Gasteiger charge is -2.62. The van der Waals surface area contributed by atoms with E-state index >= 15 is 0 Å². The lowest BCUT2D eigenvalue weighted by molar-refractivity contribution is -0.183. The number of ether oxygens (including phenoxy) is 3. The summed E-state index contributed by atoms with van der Waals surface area (Å²) in [7, 11) is 0. The molecule has 6 nitrogen and oxygen atoms in total. The zero-order valence-corrected chi connectivity index (χ0v) is 37.5. The highest BCUT2D eigenvalue weighted by atomic mass is 16.7. The Morgan fingerprint density at radius 1 is 0.825 bits per heavy atom. The average Bonchev–Trinajstić information content (AvgIpc) is 3.56. The Kier molecular flexibility index (Phi) is 16.1. The van der Waals surface area contributed by atoms with E-state index in [9.17, 15) is 15.0 Å². The Morgan fingerprint density at radius 2 is 1.51 bits per heavy atom. The first-order valence-electron chi connectivity index (χ1n) is 23.2. The molecule has 4 saturated carbocycles. The number of carbonyl (C=O) groups is 1. The van der Waals surface area contributed by atoms with Crippen molar-refractivity contribution in [2.24, 2.45) is 52.3 Å². The number of phenolic OH excluding ortho intramolecular Hbond substituents is 1. The highest BCUT2D eigenvalue weighted by Crippen LogP contribution is 2.68. The van der Waals surface area contributed by atoms with E-state index in [2.05, 4.69) is 60.6 Å². The van der Waals surface area contributed by atoms with Gasteiger partial charge in [-0.15, -0.1) is 0 Å². The smallest absolute Gasteiger partial charge is 0.308 e. The fraction of sp³-hybridized carbons (Fsp3) is 0.745. The highest BCUT2D eigenvalue weighted by molar-refractivity contribution is 5.72. The van der Waals surface area contributed by atoms with Crippen LogP contribution in [-0.4, -0.2) is 41.3 Å². The van der Waals surface area contributed by atoms with E-state index in [-0.39, 0.29) is 35.8 Å². The standard InChI is InChI=1S/C29H50O3.C22H30O3/c1-7-9-19(4)23-12-13-24-22-11-10-20-16-21(32-27(31)18(3)8-2)14-15-28(20,5)25(22)17-26(30)29(23,24)6;1-5-18(20-7-11-21(23)12-8-20)15-16(3)19-9-13-22(14-10-19)25-17(4)24-6-2/h18-26,30H,7-17H2,1-6H3;7-14,16-18,23H,5-6,15H2,1-4H3/t18?,19?,20?,21-,22?,23?,24?,25?,26-,28-,29+;/m0./s1. The molecule has 4 aliphatic rings. The van der Waals surface area contributed by atoms with E-state index in [4.69, 9.17) is 14.2 Å². The highest BCUT2D eigenvalue weighted by Gasteiger charge is 2.63. The van der Waals surface area contributed by atoms with Gasteiger partial charge in [-0.05, 0) is 178 Å². The Morgan fingerprint density at radius 3 is 2.14 bits per heavy atom. The Hall–Kier alpha value is -2.57. The maximum absolute atomic E-state index is 12.4. The van der Waals surface area contributed by atoms with Crippen molar-refractivity contribution in [2.45, 2.75) is 183 Å². The van der Waals surface area contributed by atoms with Crippen molar-refractivity contribution in [1.29, 1.82) is 0 Å². The zero-order chi connectivity index (χ0) is 41.5. The summed E-state index contributed by atoms with van der Waals surface area (Å²) in [6.07, 6.45) is 14.7. The summed E-state index contributed by atoms with van der Waals surface area (Å²) >= 11 is 0. The lowest BCUT2D eigenvalue weighted by atomic mass is 9.43. The molecule has 14 atom stereocenters. The van der Waals surface area contributed by atoms with Gasteiger partial charge in [-0.25, -0.2) is 0 Å². The van der Waals surface area contributed by atoms with Gasteiger partial charge in [0.05, 0.1) is 12.0 Å². The van der Waals surface area contributed by atoms with Gasteiger partial charge in [-0.1, -0.05) is 92.5 Å². The molecule has 0 heterocycles. The first kappa shape index (κ1) is 45.5. The van der Waals surface area contributed by atoms with Gasteiger partial charge in [0.25, 0.3) is 0 Å². The van der Waals surface area contributed by atoms with Crippen molar-refractivity contribution >= 4 is 5.97 Å². The molecular formula is C51H80O6. The molecule has 2 aromatic rings. The van der Waals surface area contributed by atoms with Gasteiger partial charge in [0, 0.05) is 6.61 Å². The van der Waals surface area contributed by atoms with Crippen LogP contribution < -0.4 is 4.74 Å². The second-order valence-corrected chi connectivity index (χ2v) is 19.4. The predicted molar refractivity (Wildman–Crippen MR) is 232 cm³/mol. The summed E-state index contributed by atoms with van der Waals surface area (Å²) in [6, 6.07) is 15.9. The van der Waals surface area contributed by atoms with E-state index in [1.165, 1.54) is 49.7 Å². The zero-order valence-electron chi connectivity index (χ0n) is 37.5. The molecule has 6 heteroatoms. The van der Waals surface area contributed by atoms with E-state index in [0.717, 1.165) is 62.5 Å². The summed E-state index contributed by atoms with van der Waals surface area (Å²) in [5.41, 5.74) is 3.02. The molecular weight excluding hydrogens is 709 g/mol. The van der Waals surface area contributed by atoms with Crippen molar-refractivity contribution in [2.75, 3.05) is 6.61 Å². The summed E-state index contributed by atoms with van der Waals surface area (Å²) in [6.45, 7) is 22.8. The third-order valence-electron chi connectivity index (χ3n) is 16.2. The minimum absolute atomic E-state index is 0.00293. The first-order chi connectivity index (χ1) is 27.2. The number of aliphatic hydroxyl groups is 1. The van der Waals surface area contributed by atoms with Crippen LogP contribution in [0.5, 0.6) is 11.5 Å². The Balaban J connectivity index is 0.000000225. The SMILES string of the molecule is CCCC(C)C1CCC2C3CCC4C[C@@H](OC(=O)C(C)CC)CC[C@]4(C)C3C[C@H](O)[C@]12C.CCOC(C)Oc1ccc(C(C)CC(CC)c2ccc(O)cc2)cc1. The third-order valence-corrected chi connectivity index (χ3v) is 16.2. The number of benzene rings is 2. The average molecular weight is 789 g/mol. The van der Waals surface area contributed by atoms with Crippen LogP contribution in [0.2, 0.25) is 0 Å². The van der Waals surface area contributed by atoms with Crippen molar-refractivity contribution in [1.82, 2.24) is 0 Å². The van der Waals surface area contributed by atoms with Gasteiger partial charge in [-0.3, -0.25) is 4.79 Å². The van der Waals surface area contributed by atoms with Crippen LogP contribution in [0.4, 0.5) is 0 Å². The summed E-state index contributed by atoms with van der Waals surface area (Å²) < 4.78 is 17.1. The second kappa shape index (κ2) is 20.1. The molecule has 0 amide bonds. The van der Waals surface area contributed by atoms with Crippen molar-refractivity contribution < 1.29 is 29.2 Å². The minimum atomic E-state index is -0.229. The molecule has 57 heavy (non-hydrogen) atoms. The number of carbonyl (C=O) groups excluding carboxylic acids is 1. The van der Waals surface area contributed by atoms with Gasteiger partial charge in [0.2, 0.25) is 0 Å². The van der Waals surface area contributed by atoms with E-state index in [1.807, 2.05) is 45.0 Å². The van der Waals surface area contributed by atoms with Gasteiger partial charge in [0.1, 0.15) is 17.6 Å². The molecule has 0 aliphatic heterocycles. The second-order valence-electron chi connectivity index (χ2n) is 19.4. The van der Waals surface area contributed by atoms with Gasteiger partial charge in [0.15, 0.2) is 6.29 Å². The monoisotopic (exact) mass is 789 g/mol. The van der Waals surface area contributed by atoms with Crippen molar-refractivity contribution in [3.8, 4) is 11.5 Å². The van der Waals surface area contributed by atoms with Gasteiger partial charge >= 0.3 is 5.97 Å². The molecule has 4 fully saturated rings. The van der Waals surface area contributed by atoms with E-state index in [1.54, 1.807) is 12.1 Å². The fourth-order valence-electron chi connectivity index (χ4n) is 12.5. The van der Waals surface area contributed by atoms with Crippen LogP contribution in [-0.2, 0) is 14.3 Å². The predicted octanol–water partition coefficient (Wildman–Crippen LogP) is 12.9. The van der Waals surface area contributed by atoms with Crippen LogP contribution in [0.1, 0.15) is 176 Å². The molecule has 6 rings (SSSR count). The maximum Gasteiger partial charge on any atom is 0.308 e. The van der Waals surface area contributed by atoms with Crippen molar-refractivity contribution in [3.05, 3.63) is 59.7 Å². The summed E-state index contributed by atoms with van der Waals surface area (Å²) in [5.74, 6) is 6.27. The summed E-state index contributed by atoms with van der Waals surface area (Å²) in [5, 5.41) is 21.1. The van der Waals surface area contributed by atoms with Crippen molar-refractivity contribution in [3.63, 3.8) is 0 Å². The van der Waals surface area contributed by atoms with Crippen LogP contribution >= 0.6 is 0 Å². The quantitative estimate of drug-likeness (QED) is 0.138. The minimum Gasteiger partial charge on any atom is -0.508 e. The topological polar surface area (TPSA) is 85.2 Å². The molecule has 0 radical (unpaired) electrons. The lowest BCUT2D eigenvalue weighted by Crippen LogP contribution is -2.59. The number of esters is 1. The number of rotatable bonds is 15. The first-order valence-corrected chi connectivity index (χ1v) is 23.2. The van der Waals surface area contributed by atoms with Gasteiger partial charge in [-0.2, -0.15) is 0 Å². The van der Waals surface area contributed by atoms with Crippen LogP contribution in [0.15, 0.2) is 48.5 Å². The van der Waals surface area contributed by atoms with E-state index < -0.39 is 0 Å². The molecule has 2 aromatic carbocycles. The number of aliphatic hydroxyl groups excluding tert-OH is 1. The number of hydrogen-bond donors (Lipinski definition) is 2. The van der Waals surface area contributed by atoms with Crippen LogP contribution in [0.3, 0.4) is 0 Å². The number of aromatic hydroxyl groups is 1. The number of hydrogen-bond acceptors (Lipinski definition) is 6. The molecule has 0 bridgehead atoms. The summed E-state index contributed by atoms with van der Waals surface area (Å²) in [4.78, 5) is 12.4. The molecule has 4 aliphatic carbocycles. The molecule has 0 spiro atoms. The third kappa shape index (κ3) is 10.2. The Labute approximate surface area is 347 Å². The number of fused-ring (bicyclic) bond motifs is 5. The molecule has 2 N–H and O–H groups in total. The molecule has 0 saturated heterocycles.